The van der Waals surface area contributed by atoms with Crippen LogP contribution < -0.4 is 9.47 Å². The SMILES string of the molecule is O=C1COc2cc(OCc3ccncc3Cl)ccc21. The molecule has 2 aromatic rings. The van der Waals surface area contributed by atoms with Gasteiger partial charge in [0, 0.05) is 24.0 Å². The van der Waals surface area contributed by atoms with Crippen LogP contribution in [0.1, 0.15) is 15.9 Å². The number of carbonyl (C=O) groups excluding carboxylic acids is 1. The number of halogens is 1. The molecule has 1 aliphatic heterocycles. The van der Waals surface area contributed by atoms with E-state index in [0.29, 0.717) is 28.7 Å². The van der Waals surface area contributed by atoms with Crippen LogP contribution in [0, 0.1) is 0 Å². The maximum Gasteiger partial charge on any atom is 0.203 e. The predicted octanol–water partition coefficient (Wildman–Crippen LogP) is 2.89. The molecule has 0 aliphatic carbocycles. The molecule has 0 saturated carbocycles. The van der Waals surface area contributed by atoms with Crippen LogP contribution in [0.5, 0.6) is 11.5 Å². The number of rotatable bonds is 3. The van der Waals surface area contributed by atoms with Crippen LogP contribution >= 0.6 is 11.6 Å². The standard InChI is InChI=1S/C14H10ClNO3/c15-12-6-16-4-3-9(12)7-18-10-1-2-11-13(17)8-19-14(11)5-10/h1-6H,7-8H2. The number of hydrogen-bond donors (Lipinski definition) is 0. The number of Topliss-reactive ketones (excluding diaryl/α,β-unsaturated/α-hetero) is 1. The van der Waals surface area contributed by atoms with E-state index < -0.39 is 0 Å². The number of hydrogen-bond acceptors (Lipinski definition) is 4. The Hall–Kier alpha value is -2.07. The van der Waals surface area contributed by atoms with Gasteiger partial charge in [0.2, 0.25) is 5.78 Å². The van der Waals surface area contributed by atoms with Gasteiger partial charge in [-0.1, -0.05) is 11.6 Å². The van der Waals surface area contributed by atoms with Crippen LogP contribution in [0.3, 0.4) is 0 Å². The number of carbonyl (C=O) groups is 1. The average Bonchev–Trinajstić information content (AvgIpc) is 2.79. The van der Waals surface area contributed by atoms with Gasteiger partial charge >= 0.3 is 0 Å². The fraction of sp³-hybridized carbons (Fsp3) is 0.143. The highest BCUT2D eigenvalue weighted by Gasteiger charge is 2.21. The molecule has 1 aliphatic rings. The molecule has 0 spiro atoms. The highest BCUT2D eigenvalue weighted by Crippen LogP contribution is 2.30. The Balaban J connectivity index is 1.75. The monoisotopic (exact) mass is 275 g/mol. The van der Waals surface area contributed by atoms with Crippen molar-refractivity contribution in [2.45, 2.75) is 6.61 Å². The van der Waals surface area contributed by atoms with Gasteiger partial charge in [0.25, 0.3) is 0 Å². The summed E-state index contributed by atoms with van der Waals surface area (Å²) in [5.41, 5.74) is 1.46. The molecule has 0 unspecified atom stereocenters. The lowest BCUT2D eigenvalue weighted by atomic mass is 10.1. The van der Waals surface area contributed by atoms with Crippen LogP contribution in [0.25, 0.3) is 0 Å². The van der Waals surface area contributed by atoms with Crippen LogP contribution in [-0.4, -0.2) is 17.4 Å². The average molecular weight is 276 g/mol. The molecule has 0 atom stereocenters. The Bertz CT molecular complexity index is 642. The summed E-state index contributed by atoms with van der Waals surface area (Å²) in [6.07, 6.45) is 3.24. The number of ether oxygens (including phenoxy) is 2. The van der Waals surface area contributed by atoms with E-state index in [1.807, 2.05) is 0 Å². The quantitative estimate of drug-likeness (QED) is 0.864. The molecule has 1 aromatic heterocycles. The fourth-order valence-electron chi connectivity index (χ4n) is 1.85. The van der Waals surface area contributed by atoms with Gasteiger partial charge in [-0.25, -0.2) is 0 Å². The van der Waals surface area contributed by atoms with E-state index in [4.69, 9.17) is 21.1 Å². The maximum atomic E-state index is 11.4. The Labute approximate surface area is 114 Å². The van der Waals surface area contributed by atoms with Crippen LogP contribution in [0.4, 0.5) is 0 Å². The van der Waals surface area contributed by atoms with Crippen molar-refractivity contribution in [2.24, 2.45) is 0 Å². The van der Waals surface area contributed by atoms with Crippen molar-refractivity contribution in [3.05, 3.63) is 52.8 Å². The van der Waals surface area contributed by atoms with Crippen molar-refractivity contribution in [3.63, 3.8) is 0 Å². The number of aromatic nitrogens is 1. The Kier molecular flexibility index (Phi) is 3.09. The van der Waals surface area contributed by atoms with E-state index in [2.05, 4.69) is 4.98 Å². The smallest absolute Gasteiger partial charge is 0.203 e. The molecular weight excluding hydrogens is 266 g/mol. The van der Waals surface area contributed by atoms with Gasteiger partial charge in [-0.3, -0.25) is 9.78 Å². The van der Waals surface area contributed by atoms with E-state index in [9.17, 15) is 4.79 Å². The van der Waals surface area contributed by atoms with Gasteiger partial charge in [0.05, 0.1) is 10.6 Å². The summed E-state index contributed by atoms with van der Waals surface area (Å²) in [6.45, 7) is 0.447. The molecule has 96 valence electrons. The third-order valence-corrected chi connectivity index (χ3v) is 3.20. The molecule has 5 heteroatoms. The van der Waals surface area contributed by atoms with Crippen LogP contribution in [-0.2, 0) is 6.61 Å². The van der Waals surface area contributed by atoms with Crippen molar-refractivity contribution >= 4 is 17.4 Å². The lowest BCUT2D eigenvalue weighted by molar-refractivity contribution is 0.0961. The molecule has 0 amide bonds. The highest BCUT2D eigenvalue weighted by molar-refractivity contribution is 6.31. The van der Waals surface area contributed by atoms with Gasteiger partial charge < -0.3 is 9.47 Å². The van der Waals surface area contributed by atoms with E-state index in [1.165, 1.54) is 0 Å². The van der Waals surface area contributed by atoms with Crippen molar-refractivity contribution in [2.75, 3.05) is 6.61 Å². The molecule has 0 fully saturated rings. The second-order valence-corrected chi connectivity index (χ2v) is 4.53. The summed E-state index contributed by atoms with van der Waals surface area (Å²) in [6, 6.07) is 6.99. The van der Waals surface area contributed by atoms with Gasteiger partial charge in [-0.2, -0.15) is 0 Å². The van der Waals surface area contributed by atoms with E-state index in [0.717, 1.165) is 5.56 Å². The summed E-state index contributed by atoms with van der Waals surface area (Å²) >= 11 is 5.99. The third kappa shape index (κ3) is 2.39. The summed E-state index contributed by atoms with van der Waals surface area (Å²) in [5.74, 6) is 1.21. The van der Waals surface area contributed by atoms with E-state index in [1.54, 1.807) is 36.7 Å². The lowest BCUT2D eigenvalue weighted by Crippen LogP contribution is -1.98. The van der Waals surface area contributed by atoms with Crippen molar-refractivity contribution in [1.29, 1.82) is 0 Å². The molecule has 0 saturated heterocycles. The minimum Gasteiger partial charge on any atom is -0.489 e. The molecule has 3 rings (SSSR count). The van der Waals surface area contributed by atoms with E-state index in [-0.39, 0.29) is 12.4 Å². The van der Waals surface area contributed by atoms with Gasteiger partial charge in [-0.05, 0) is 18.2 Å². The number of nitrogens with zero attached hydrogens (tertiary/aromatic N) is 1. The maximum absolute atomic E-state index is 11.4. The highest BCUT2D eigenvalue weighted by atomic mass is 35.5. The number of ketones is 1. The van der Waals surface area contributed by atoms with Gasteiger partial charge in [0.15, 0.2) is 6.61 Å². The Morgan fingerprint density at radius 3 is 3.11 bits per heavy atom. The third-order valence-electron chi connectivity index (χ3n) is 2.86. The molecule has 0 bridgehead atoms. The Morgan fingerprint density at radius 1 is 1.37 bits per heavy atom. The minimum atomic E-state index is -0.00118. The second kappa shape index (κ2) is 4.90. The molecule has 0 radical (unpaired) electrons. The molecule has 4 nitrogen and oxygen atoms in total. The van der Waals surface area contributed by atoms with Crippen molar-refractivity contribution < 1.29 is 14.3 Å². The van der Waals surface area contributed by atoms with E-state index >= 15 is 0 Å². The zero-order valence-electron chi connectivity index (χ0n) is 9.93. The normalized spacial score (nSPS) is 13.0. The van der Waals surface area contributed by atoms with Gasteiger partial charge in [-0.15, -0.1) is 0 Å². The number of pyridine rings is 1. The number of fused-ring (bicyclic) bond motifs is 1. The molecule has 2 heterocycles. The van der Waals surface area contributed by atoms with Crippen LogP contribution in [0.15, 0.2) is 36.7 Å². The molecule has 19 heavy (non-hydrogen) atoms. The minimum absolute atomic E-state index is 0.00118. The summed E-state index contributed by atoms with van der Waals surface area (Å²) < 4.78 is 10.9. The van der Waals surface area contributed by atoms with Gasteiger partial charge in [0.1, 0.15) is 18.1 Å². The first-order valence-corrected chi connectivity index (χ1v) is 6.13. The second-order valence-electron chi connectivity index (χ2n) is 4.13. The van der Waals surface area contributed by atoms with Crippen molar-refractivity contribution in [3.8, 4) is 11.5 Å². The summed E-state index contributed by atoms with van der Waals surface area (Å²) in [4.78, 5) is 15.3. The predicted molar refractivity (Wildman–Crippen MR) is 69.8 cm³/mol. The lowest BCUT2D eigenvalue weighted by Gasteiger charge is -2.08. The molecule has 0 N–H and O–H groups in total. The first kappa shape index (κ1) is 12.0. The first-order chi connectivity index (χ1) is 9.24. The zero-order valence-corrected chi connectivity index (χ0v) is 10.7. The Morgan fingerprint density at radius 2 is 2.26 bits per heavy atom. The zero-order chi connectivity index (χ0) is 13.2. The molecular formula is C14H10ClNO3. The van der Waals surface area contributed by atoms with Crippen molar-refractivity contribution in [1.82, 2.24) is 4.98 Å². The topological polar surface area (TPSA) is 48.4 Å². The first-order valence-electron chi connectivity index (χ1n) is 5.75. The fourth-order valence-corrected chi connectivity index (χ4v) is 2.02. The number of benzene rings is 1. The largest absolute Gasteiger partial charge is 0.489 e. The summed E-state index contributed by atoms with van der Waals surface area (Å²) in [7, 11) is 0. The van der Waals surface area contributed by atoms with Crippen LogP contribution in [0.2, 0.25) is 5.02 Å². The molecule has 1 aromatic carbocycles. The summed E-state index contributed by atoms with van der Waals surface area (Å²) in [5, 5.41) is 0.565.